The smallest absolute Gasteiger partial charge is 0.329 e. The molecule has 4 aliphatic rings. The van der Waals surface area contributed by atoms with Crippen LogP contribution in [0.1, 0.15) is 68.9 Å². The molecule has 0 spiro atoms. The topological polar surface area (TPSA) is 177 Å². The number of nitrogens with one attached hydrogen (secondary N) is 3. The zero-order chi connectivity index (χ0) is 52.1. The fourth-order valence-corrected chi connectivity index (χ4v) is 14.0. The van der Waals surface area contributed by atoms with Crippen LogP contribution in [0.3, 0.4) is 0 Å². The lowest BCUT2D eigenvalue weighted by atomic mass is 9.87. The van der Waals surface area contributed by atoms with Crippen LogP contribution in [0.4, 0.5) is 28.8 Å². The first-order chi connectivity index (χ1) is 36.2. The van der Waals surface area contributed by atoms with Crippen molar-refractivity contribution >= 4 is 90.8 Å². The van der Waals surface area contributed by atoms with Gasteiger partial charge in [0, 0.05) is 86.8 Å². The molecule has 0 aliphatic carbocycles. The molecule has 7 aromatic rings. The minimum atomic E-state index is -2.70. The minimum Gasteiger partial charge on any atom is -0.494 e. The molecule has 19 heteroatoms. The van der Waals surface area contributed by atoms with E-state index in [1.165, 1.54) is 18.4 Å². The second-order valence-electron chi connectivity index (χ2n) is 21.3. The van der Waals surface area contributed by atoms with Crippen LogP contribution in [0.5, 0.6) is 5.75 Å². The summed E-state index contributed by atoms with van der Waals surface area (Å²) in [6.07, 6.45) is 13.0. The lowest BCUT2D eigenvalue weighted by Crippen LogP contribution is -2.49. The lowest BCUT2D eigenvalue weighted by molar-refractivity contribution is -0.135. The van der Waals surface area contributed by atoms with Crippen LogP contribution >= 0.6 is 23.1 Å². The summed E-state index contributed by atoms with van der Waals surface area (Å²) in [5, 5.41) is 16.6. The number of hydrogen-bond acceptors (Lipinski definition) is 13. The second kappa shape index (κ2) is 21.0. The molecule has 17 nitrogen and oxygen atoms in total. The molecule has 11 rings (SSSR count). The number of aromatic nitrogens is 6. The number of aryl methyl sites for hydroxylation is 2. The van der Waals surface area contributed by atoms with Crippen molar-refractivity contribution < 1.29 is 18.9 Å². The van der Waals surface area contributed by atoms with Crippen LogP contribution < -0.4 is 36.6 Å². The van der Waals surface area contributed by atoms with Gasteiger partial charge in [-0.3, -0.25) is 28.7 Å². The lowest BCUT2D eigenvalue weighted by Gasteiger charge is -2.43. The van der Waals surface area contributed by atoms with E-state index < -0.39 is 19.1 Å². The summed E-state index contributed by atoms with van der Waals surface area (Å²) >= 11 is 3.65. The molecule has 0 radical (unpaired) electrons. The number of nitrogens with zero attached hydrogens (tertiary/aromatic N) is 9. The van der Waals surface area contributed by atoms with E-state index in [2.05, 4.69) is 80.9 Å². The number of imide groups is 1. The molecule has 75 heavy (non-hydrogen) atoms. The molecular formula is C56H66BrN12O5P. The van der Waals surface area contributed by atoms with Crippen molar-refractivity contribution in [3.05, 3.63) is 106 Å². The van der Waals surface area contributed by atoms with E-state index in [1.807, 2.05) is 66.6 Å². The Morgan fingerprint density at radius 3 is 2.32 bits per heavy atom. The van der Waals surface area contributed by atoms with Crippen LogP contribution in [-0.4, -0.2) is 123 Å². The molecule has 3 N–H and O–H groups in total. The highest BCUT2D eigenvalue weighted by Gasteiger charge is 2.34. The highest BCUT2D eigenvalue weighted by Crippen LogP contribution is 2.44. The Kier molecular flexibility index (Phi) is 14.2. The monoisotopic (exact) mass is 1100 g/mol. The number of carbonyl (C=O) groups excluding carboxylic acids is 2. The van der Waals surface area contributed by atoms with E-state index in [9.17, 15) is 18.9 Å². The van der Waals surface area contributed by atoms with Gasteiger partial charge in [0.1, 0.15) is 24.8 Å². The molecule has 0 bridgehead atoms. The molecule has 2 amide bonds. The van der Waals surface area contributed by atoms with Crippen molar-refractivity contribution in [1.82, 2.24) is 44.0 Å². The quantitative estimate of drug-likeness (QED) is 0.0739. The molecule has 4 aromatic carbocycles. The molecule has 4 fully saturated rings. The van der Waals surface area contributed by atoms with Crippen LogP contribution in [0, 0.1) is 5.92 Å². The highest BCUT2D eigenvalue weighted by molar-refractivity contribution is 9.10. The number of hydrogen-bond donors (Lipinski definition) is 3. The van der Waals surface area contributed by atoms with Crippen molar-refractivity contribution in [3.8, 4) is 16.9 Å². The normalized spacial score (nSPS) is 19.0. The van der Waals surface area contributed by atoms with Gasteiger partial charge in [-0.1, -0.05) is 36.4 Å². The van der Waals surface area contributed by atoms with Crippen LogP contribution in [0.25, 0.3) is 32.9 Å². The second-order valence-corrected chi connectivity index (χ2v) is 25.3. The van der Waals surface area contributed by atoms with E-state index in [0.29, 0.717) is 46.3 Å². The van der Waals surface area contributed by atoms with E-state index in [-0.39, 0.29) is 18.0 Å². The molecule has 3 aromatic heterocycles. The Labute approximate surface area is 445 Å². The van der Waals surface area contributed by atoms with Gasteiger partial charge < -0.3 is 34.6 Å². The largest absolute Gasteiger partial charge is 0.494 e. The van der Waals surface area contributed by atoms with E-state index in [1.54, 1.807) is 42.8 Å². The number of anilines is 5. The van der Waals surface area contributed by atoms with E-state index >= 15 is 0 Å². The Morgan fingerprint density at radius 1 is 0.827 bits per heavy atom. The number of halogens is 1. The standard InChI is InChI=1S/C56H66BrN12O5P/c1-64-34-39(31-59-64)42-29-45(61-55-58-32-43(57)53(63-55)60-44-12-10-37-8-6-7-9-41(37)52(44)75(4,5)73)50(74-3)30-48(42)68-26-20-40(21-27-68)67-24-16-35(17-25-67)33-66-22-18-36(19-23-66)38-11-13-46-49(28-38)65(2)56(72)69(46)47-14-15-51(70)62-54(47)71/h6-13,28-32,34-36,40,47H,14-27,33H2,1-5H3,(H,62,70,71)(H2,58,60,61,63). The molecule has 1 unspecified atom stereocenters. The van der Waals surface area contributed by atoms with Gasteiger partial charge in [0.2, 0.25) is 17.8 Å². The number of piperidine rings is 4. The van der Waals surface area contributed by atoms with Crippen molar-refractivity contribution in [3.63, 3.8) is 0 Å². The van der Waals surface area contributed by atoms with Gasteiger partial charge in [-0.2, -0.15) is 10.1 Å². The molecule has 7 heterocycles. The third-order valence-corrected chi connectivity index (χ3v) is 18.3. The molecule has 4 aliphatic heterocycles. The summed E-state index contributed by atoms with van der Waals surface area (Å²) < 4.78 is 25.5. The van der Waals surface area contributed by atoms with Gasteiger partial charge in [-0.15, -0.1) is 0 Å². The first-order valence-corrected chi connectivity index (χ1v) is 29.7. The predicted octanol–water partition coefficient (Wildman–Crippen LogP) is 8.73. The van der Waals surface area contributed by atoms with Gasteiger partial charge in [0.25, 0.3) is 0 Å². The number of carbonyl (C=O) groups is 2. The number of amides is 2. The highest BCUT2D eigenvalue weighted by atomic mass is 79.9. The summed E-state index contributed by atoms with van der Waals surface area (Å²) in [7, 11) is 2.69. The number of fused-ring (bicyclic) bond motifs is 2. The van der Waals surface area contributed by atoms with Crippen LogP contribution in [-0.2, 0) is 28.2 Å². The SMILES string of the molecule is COc1cc(N2CCC(N3CCC(CN4CCC(c5ccc6c(c5)n(C)c(=O)n6C5CCC(=O)NC5=O)CC4)CC3)CC2)c(-c2cnn(C)c2)cc1Nc1ncc(Br)c(Nc2ccc3ccccc3c2P(C)(C)=O)n1. The fourth-order valence-electron chi connectivity index (χ4n) is 12.2. The van der Waals surface area contributed by atoms with Gasteiger partial charge >= 0.3 is 5.69 Å². The maximum absolute atomic E-state index is 13.7. The maximum atomic E-state index is 13.7. The van der Waals surface area contributed by atoms with Crippen LogP contribution in [0.2, 0.25) is 0 Å². The maximum Gasteiger partial charge on any atom is 0.329 e. The van der Waals surface area contributed by atoms with Gasteiger partial charge in [-0.25, -0.2) is 9.78 Å². The number of imidazole rings is 1. The first-order valence-electron chi connectivity index (χ1n) is 26.3. The summed E-state index contributed by atoms with van der Waals surface area (Å²) in [4.78, 5) is 55.3. The van der Waals surface area contributed by atoms with E-state index in [4.69, 9.17) is 9.72 Å². The average molecular weight is 1100 g/mol. The van der Waals surface area contributed by atoms with Gasteiger partial charge in [0.05, 0.1) is 40.2 Å². The summed E-state index contributed by atoms with van der Waals surface area (Å²) in [6, 6.07) is 22.4. The Balaban J connectivity index is 0.708. The van der Waals surface area contributed by atoms with Gasteiger partial charge in [-0.05, 0) is 153 Å². The third kappa shape index (κ3) is 10.4. The number of methoxy groups -OCH3 is 1. The van der Waals surface area contributed by atoms with Crippen molar-refractivity contribution in [1.29, 1.82) is 0 Å². The Bertz CT molecular complexity index is 3420. The van der Waals surface area contributed by atoms with Gasteiger partial charge in [0.15, 0.2) is 0 Å². The Morgan fingerprint density at radius 2 is 1.60 bits per heavy atom. The third-order valence-electron chi connectivity index (χ3n) is 16.2. The molecule has 4 saturated heterocycles. The average Bonchev–Trinajstić information content (AvgIpc) is 3.96. The molecule has 0 saturated carbocycles. The minimum absolute atomic E-state index is 0.227. The van der Waals surface area contributed by atoms with Crippen LogP contribution in [0.15, 0.2) is 94.6 Å². The zero-order valence-corrected chi connectivity index (χ0v) is 45.9. The van der Waals surface area contributed by atoms with Crippen molar-refractivity contribution in [2.45, 2.75) is 69.4 Å². The predicted molar refractivity (Wildman–Crippen MR) is 301 cm³/mol. The molecular weight excluding hydrogens is 1030 g/mol. The number of likely N-dealkylation sites (tertiary alicyclic amines) is 2. The number of ether oxygens (including phenoxy) is 1. The fraction of sp³-hybridized carbons (Fsp3) is 0.429. The Hall–Kier alpha value is -6.33. The van der Waals surface area contributed by atoms with Crippen molar-refractivity contribution in [2.75, 3.05) is 81.8 Å². The molecule has 392 valence electrons. The van der Waals surface area contributed by atoms with Crippen molar-refractivity contribution in [2.24, 2.45) is 20.0 Å². The number of benzene rings is 4. The molecule has 1 atom stereocenters. The number of rotatable bonds is 13. The first kappa shape index (κ1) is 50.8. The zero-order valence-electron chi connectivity index (χ0n) is 43.4. The van der Waals surface area contributed by atoms with E-state index in [0.717, 1.165) is 127 Å². The summed E-state index contributed by atoms with van der Waals surface area (Å²) in [5.74, 6) is 2.01. The summed E-state index contributed by atoms with van der Waals surface area (Å²) in [5.41, 5.74) is 7.20. The summed E-state index contributed by atoms with van der Waals surface area (Å²) in [6.45, 7) is 11.0.